The van der Waals surface area contributed by atoms with Crippen molar-refractivity contribution in [1.82, 2.24) is 44.9 Å². The highest BCUT2D eigenvalue weighted by atomic mass is 16.5. The molecular formula is C38H53N11O6. The number of morpholine rings is 1. The topological polar surface area (TPSA) is 182 Å². The van der Waals surface area contributed by atoms with E-state index in [1.165, 1.54) is 6.33 Å². The first-order valence-electron chi connectivity index (χ1n) is 19.2. The van der Waals surface area contributed by atoms with Crippen LogP contribution in [0.3, 0.4) is 0 Å². The minimum atomic E-state index is -0.281. The van der Waals surface area contributed by atoms with Crippen molar-refractivity contribution in [1.29, 1.82) is 5.26 Å². The molecule has 0 amide bonds. The average Bonchev–Trinajstić information content (AvgIpc) is 3.85. The third kappa shape index (κ3) is 11.6. The van der Waals surface area contributed by atoms with Gasteiger partial charge in [0.15, 0.2) is 0 Å². The van der Waals surface area contributed by atoms with Gasteiger partial charge in [0.1, 0.15) is 29.9 Å². The number of benzene rings is 1. The summed E-state index contributed by atoms with van der Waals surface area (Å²) in [5.41, 5.74) is 2.70. The van der Waals surface area contributed by atoms with Crippen molar-refractivity contribution in [3.8, 4) is 28.8 Å². The smallest absolute Gasteiger partial charge is 0.256 e. The van der Waals surface area contributed by atoms with Crippen LogP contribution in [0.1, 0.15) is 64.5 Å². The Hall–Kier alpha value is -4.73. The van der Waals surface area contributed by atoms with Gasteiger partial charge in [0.2, 0.25) is 5.95 Å². The molecule has 2 aliphatic rings. The third-order valence-electron chi connectivity index (χ3n) is 9.68. The van der Waals surface area contributed by atoms with Crippen LogP contribution in [0.15, 0.2) is 43.1 Å². The molecule has 0 unspecified atom stereocenters. The Kier molecular flexibility index (Phi) is 14.7. The average molecular weight is 760 g/mol. The zero-order valence-electron chi connectivity index (χ0n) is 32.2. The van der Waals surface area contributed by atoms with Crippen LogP contribution in [0.25, 0.3) is 11.1 Å². The van der Waals surface area contributed by atoms with Crippen LogP contribution >= 0.6 is 0 Å². The first-order valence-corrected chi connectivity index (χ1v) is 19.2. The Labute approximate surface area is 322 Å². The standard InChI is InChI=1S/C38H53N11O6/c1-27-22-47(23-28(2)54-27)33-8-10-34(11-9-33)49-25-35(37(44-49)53-13-5-12-51-16-17-52-15-14-50-4)43-38-40-20-32(21-41-38)30-6-7-31(19-39)36(18-30)55-29(3)24-48-26-42-45-46-48/h6-7,18,20-21,25-29,33-34H,5,8-17,22-24H2,1-4H3,(H,40,41,43)/t27-,28+,29-,33?,34?/m0/s1. The van der Waals surface area contributed by atoms with E-state index in [9.17, 15) is 5.26 Å². The van der Waals surface area contributed by atoms with E-state index in [4.69, 9.17) is 33.5 Å². The molecule has 55 heavy (non-hydrogen) atoms. The predicted octanol–water partition coefficient (Wildman–Crippen LogP) is 4.45. The fourth-order valence-electron chi connectivity index (χ4n) is 7.09. The minimum Gasteiger partial charge on any atom is -0.487 e. The molecule has 3 aromatic heterocycles. The van der Waals surface area contributed by atoms with Crippen molar-refractivity contribution >= 4 is 11.6 Å². The second-order valence-electron chi connectivity index (χ2n) is 14.1. The van der Waals surface area contributed by atoms with Crippen LogP contribution < -0.4 is 14.8 Å². The Balaban J connectivity index is 1.09. The molecule has 3 atom stereocenters. The summed E-state index contributed by atoms with van der Waals surface area (Å²) in [4.78, 5) is 11.9. The lowest BCUT2D eigenvalue weighted by Gasteiger charge is -2.42. The van der Waals surface area contributed by atoms with Crippen molar-refractivity contribution in [3.63, 3.8) is 0 Å². The molecule has 0 spiro atoms. The lowest BCUT2D eigenvalue weighted by Crippen LogP contribution is -2.51. The van der Waals surface area contributed by atoms with Gasteiger partial charge in [0.05, 0.1) is 69.6 Å². The molecule has 296 valence electrons. The molecule has 0 bridgehead atoms. The lowest BCUT2D eigenvalue weighted by molar-refractivity contribution is -0.0852. The monoisotopic (exact) mass is 759 g/mol. The highest BCUT2D eigenvalue weighted by Crippen LogP contribution is 2.35. The summed E-state index contributed by atoms with van der Waals surface area (Å²) < 4.78 is 38.1. The molecule has 1 aliphatic carbocycles. The molecule has 1 aromatic carbocycles. The SMILES string of the molecule is COCCOCCOCCCOc1nn(C2CCC(N3C[C@@H](C)O[C@@H](C)C3)CC2)cc1Nc1ncc(-c2ccc(C#N)c(O[C@@H](C)Cn3cnnn3)c2)cn1. The van der Waals surface area contributed by atoms with Gasteiger partial charge in [-0.15, -0.1) is 10.2 Å². The van der Waals surface area contributed by atoms with Crippen molar-refractivity contribution < 1.29 is 28.4 Å². The minimum absolute atomic E-state index is 0.260. The summed E-state index contributed by atoms with van der Waals surface area (Å²) in [6.45, 7) is 11.8. The van der Waals surface area contributed by atoms with Crippen LogP contribution in [0, 0.1) is 11.3 Å². The van der Waals surface area contributed by atoms with E-state index in [0.29, 0.717) is 87.5 Å². The second-order valence-corrected chi connectivity index (χ2v) is 14.1. The molecule has 17 nitrogen and oxygen atoms in total. The van der Waals surface area contributed by atoms with Gasteiger partial charge >= 0.3 is 0 Å². The summed E-state index contributed by atoms with van der Waals surface area (Å²) >= 11 is 0. The van der Waals surface area contributed by atoms with Gasteiger partial charge < -0.3 is 33.7 Å². The molecule has 4 aromatic rings. The van der Waals surface area contributed by atoms with Crippen LogP contribution in [0.2, 0.25) is 0 Å². The molecule has 1 saturated carbocycles. The van der Waals surface area contributed by atoms with Crippen molar-refractivity contribution in [2.45, 2.75) is 89.8 Å². The number of nitrogens with zero attached hydrogens (tertiary/aromatic N) is 10. The van der Waals surface area contributed by atoms with E-state index < -0.39 is 0 Å². The third-order valence-corrected chi connectivity index (χ3v) is 9.68. The number of rotatable bonds is 20. The summed E-state index contributed by atoms with van der Waals surface area (Å²) in [5, 5.41) is 29.2. The highest BCUT2D eigenvalue weighted by Gasteiger charge is 2.32. The number of aromatic nitrogens is 8. The zero-order valence-corrected chi connectivity index (χ0v) is 32.2. The van der Waals surface area contributed by atoms with Gasteiger partial charge in [0.25, 0.3) is 5.88 Å². The van der Waals surface area contributed by atoms with Gasteiger partial charge in [0, 0.05) is 57.2 Å². The van der Waals surface area contributed by atoms with Crippen LogP contribution in [-0.2, 0) is 25.5 Å². The number of nitrogens with one attached hydrogen (secondary N) is 1. The van der Waals surface area contributed by atoms with E-state index in [0.717, 1.165) is 49.9 Å². The fourth-order valence-corrected chi connectivity index (χ4v) is 7.09. The fraction of sp³-hybridized carbons (Fsp3) is 0.605. The maximum Gasteiger partial charge on any atom is 0.256 e. The van der Waals surface area contributed by atoms with Crippen molar-refractivity contribution in [2.75, 3.05) is 65.2 Å². The highest BCUT2D eigenvalue weighted by molar-refractivity contribution is 5.67. The molecule has 17 heteroatoms. The lowest BCUT2D eigenvalue weighted by atomic mass is 9.89. The van der Waals surface area contributed by atoms with E-state index in [1.54, 1.807) is 30.3 Å². The van der Waals surface area contributed by atoms with E-state index in [1.807, 2.05) is 29.9 Å². The van der Waals surface area contributed by atoms with Gasteiger partial charge in [-0.2, -0.15) is 5.26 Å². The molecule has 1 saturated heterocycles. The Morgan fingerprint density at radius 1 is 0.945 bits per heavy atom. The largest absolute Gasteiger partial charge is 0.487 e. The van der Waals surface area contributed by atoms with Crippen LogP contribution in [-0.4, -0.2) is 129 Å². The number of hydrogen-bond acceptors (Lipinski definition) is 15. The number of nitriles is 1. The Morgan fingerprint density at radius 3 is 2.38 bits per heavy atom. The second kappa shape index (κ2) is 20.3. The maximum absolute atomic E-state index is 9.71. The van der Waals surface area contributed by atoms with Gasteiger partial charge in [-0.25, -0.2) is 14.6 Å². The van der Waals surface area contributed by atoms with Gasteiger partial charge in [-0.05, 0) is 74.6 Å². The first kappa shape index (κ1) is 39.9. The van der Waals surface area contributed by atoms with E-state index in [-0.39, 0.29) is 24.4 Å². The quantitative estimate of drug-likeness (QED) is 0.125. The summed E-state index contributed by atoms with van der Waals surface area (Å²) in [6.07, 6.45) is 12.2. The Morgan fingerprint density at radius 2 is 1.67 bits per heavy atom. The van der Waals surface area contributed by atoms with Crippen LogP contribution in [0.5, 0.6) is 11.6 Å². The van der Waals surface area contributed by atoms with E-state index >= 15 is 0 Å². The van der Waals surface area contributed by atoms with Crippen molar-refractivity contribution in [3.05, 3.63) is 48.7 Å². The molecule has 1 aliphatic heterocycles. The molecule has 6 rings (SSSR count). The molecular weight excluding hydrogens is 706 g/mol. The number of anilines is 2. The summed E-state index contributed by atoms with van der Waals surface area (Å²) in [7, 11) is 1.65. The maximum atomic E-state index is 9.71. The molecule has 1 N–H and O–H groups in total. The number of tetrazole rings is 1. The van der Waals surface area contributed by atoms with Gasteiger partial charge in [-0.1, -0.05) is 6.07 Å². The Bertz CT molecular complexity index is 1770. The molecule has 4 heterocycles. The number of hydrogen-bond donors (Lipinski definition) is 1. The molecule has 0 radical (unpaired) electrons. The summed E-state index contributed by atoms with van der Waals surface area (Å²) in [6, 6.07) is 8.44. The number of ether oxygens (including phenoxy) is 6. The number of methoxy groups -OCH3 is 1. The summed E-state index contributed by atoms with van der Waals surface area (Å²) in [5.74, 6) is 1.36. The zero-order chi connectivity index (χ0) is 38.4. The van der Waals surface area contributed by atoms with Gasteiger partial charge in [-0.3, -0.25) is 9.58 Å². The predicted molar refractivity (Wildman–Crippen MR) is 202 cm³/mol. The van der Waals surface area contributed by atoms with Crippen LogP contribution in [0.4, 0.5) is 11.6 Å². The first-order chi connectivity index (χ1) is 26.9. The van der Waals surface area contributed by atoms with Crippen molar-refractivity contribution in [2.24, 2.45) is 0 Å². The normalized spacial score (nSPS) is 20.9. The van der Waals surface area contributed by atoms with E-state index in [2.05, 4.69) is 55.6 Å². The molecule has 2 fully saturated rings.